The van der Waals surface area contributed by atoms with Crippen molar-refractivity contribution >= 4 is 17.9 Å². The smallest absolute Gasteiger partial charge is 0.410 e. The molecule has 0 radical (unpaired) electrons. The maximum absolute atomic E-state index is 13.9. The number of imidazole rings is 2. The summed E-state index contributed by atoms with van der Waals surface area (Å²) in [6.45, 7) is 8.08. The van der Waals surface area contributed by atoms with Crippen LogP contribution in [0.3, 0.4) is 0 Å². The summed E-state index contributed by atoms with van der Waals surface area (Å²) in [7, 11) is 3.91. The van der Waals surface area contributed by atoms with E-state index in [-0.39, 0.29) is 42.0 Å². The second-order valence-corrected chi connectivity index (χ2v) is 17.4. The lowest BCUT2D eigenvalue weighted by Crippen LogP contribution is -2.45. The first kappa shape index (κ1) is 40.0. The van der Waals surface area contributed by atoms with E-state index >= 15 is 0 Å². The zero-order valence-electron chi connectivity index (χ0n) is 34.9. The molecule has 3 aliphatic heterocycles. The van der Waals surface area contributed by atoms with Gasteiger partial charge in [-0.3, -0.25) is 14.5 Å². The van der Waals surface area contributed by atoms with E-state index in [0.717, 1.165) is 76.5 Å². The van der Waals surface area contributed by atoms with Crippen molar-refractivity contribution in [2.24, 2.45) is 5.92 Å². The van der Waals surface area contributed by atoms with Crippen LogP contribution in [0.5, 0.6) is 0 Å². The van der Waals surface area contributed by atoms with E-state index < -0.39 is 5.60 Å². The van der Waals surface area contributed by atoms with Crippen LogP contribution in [0.4, 0.5) is 4.79 Å². The van der Waals surface area contributed by atoms with Crippen molar-refractivity contribution in [1.82, 2.24) is 39.5 Å². The molecule has 5 aromatic rings. The highest BCUT2D eigenvalue weighted by atomic mass is 16.6. The summed E-state index contributed by atoms with van der Waals surface area (Å²) < 4.78 is 5.54. The lowest BCUT2D eigenvalue weighted by molar-refractivity contribution is -0.138. The molecule has 12 heteroatoms. The molecular formula is C47H56N8O4. The molecule has 12 nitrogen and oxygen atoms in total. The van der Waals surface area contributed by atoms with E-state index in [9.17, 15) is 14.4 Å². The van der Waals surface area contributed by atoms with E-state index in [1.165, 1.54) is 0 Å². The van der Waals surface area contributed by atoms with Gasteiger partial charge in [0.05, 0.1) is 35.9 Å². The number of amides is 3. The predicted molar refractivity (Wildman–Crippen MR) is 228 cm³/mol. The first-order chi connectivity index (χ1) is 28.4. The Hall–Kier alpha value is -5.75. The lowest BCUT2D eigenvalue weighted by atomic mass is 9.95. The Morgan fingerprint density at radius 3 is 1.68 bits per heavy atom. The molecule has 3 atom stereocenters. The van der Waals surface area contributed by atoms with Crippen LogP contribution in [0.1, 0.15) is 94.6 Å². The molecule has 5 heterocycles. The molecule has 59 heavy (non-hydrogen) atoms. The number of carbonyl (C=O) groups excluding carboxylic acids is 3. The van der Waals surface area contributed by atoms with E-state index in [4.69, 9.17) is 14.7 Å². The minimum absolute atomic E-state index is 0.0847. The van der Waals surface area contributed by atoms with Gasteiger partial charge in [-0.05, 0) is 101 Å². The number of hydrogen-bond acceptors (Lipinski definition) is 7. The van der Waals surface area contributed by atoms with Crippen LogP contribution in [-0.2, 0) is 14.3 Å². The normalized spacial score (nSPS) is 19.4. The summed E-state index contributed by atoms with van der Waals surface area (Å²) in [6.07, 6.45) is 8.33. The summed E-state index contributed by atoms with van der Waals surface area (Å²) in [5, 5.41) is 0. The maximum atomic E-state index is 13.9. The van der Waals surface area contributed by atoms with Crippen molar-refractivity contribution < 1.29 is 19.1 Å². The number of carbonyl (C=O) groups is 3. The van der Waals surface area contributed by atoms with Gasteiger partial charge in [0, 0.05) is 32.1 Å². The summed E-state index contributed by atoms with van der Waals surface area (Å²) in [4.78, 5) is 64.5. The van der Waals surface area contributed by atoms with E-state index in [1.54, 1.807) is 4.90 Å². The molecule has 0 aliphatic carbocycles. The van der Waals surface area contributed by atoms with Gasteiger partial charge in [-0.2, -0.15) is 0 Å². The molecule has 3 aliphatic rings. The van der Waals surface area contributed by atoms with E-state index in [0.29, 0.717) is 39.0 Å². The number of nitrogens with one attached hydrogen (secondary N) is 2. The number of nitrogens with zero attached hydrogens (tertiary/aromatic N) is 6. The van der Waals surface area contributed by atoms with Gasteiger partial charge in [0.25, 0.3) is 0 Å². The van der Waals surface area contributed by atoms with Crippen molar-refractivity contribution in [3.8, 4) is 33.6 Å². The number of ether oxygens (including phenoxy) is 1. The predicted octanol–water partition coefficient (Wildman–Crippen LogP) is 8.41. The Bertz CT molecular complexity index is 2230. The molecule has 0 unspecified atom stereocenters. The molecular weight excluding hydrogens is 741 g/mol. The van der Waals surface area contributed by atoms with Crippen LogP contribution in [0.15, 0.2) is 91.3 Å². The average Bonchev–Trinajstić information content (AvgIpc) is 4.08. The average molecular weight is 797 g/mol. The van der Waals surface area contributed by atoms with E-state index in [1.807, 2.05) is 92.3 Å². The number of H-pyrrole nitrogens is 2. The number of aromatic amines is 2. The fraction of sp³-hybridized carbons (Fsp3) is 0.426. The SMILES string of the molecule is CN(C)[C@@H](C(=O)N1CCC[C@H]1c1ncc(-c2ccc(-c3ccc(-c4cnc([C@@H]5CCCN5C(=O)C5CCN(C(=O)OC(C)(C)C)CC5)[nH]4)cc3)cc2)[nH]1)c1ccccc1. The summed E-state index contributed by atoms with van der Waals surface area (Å²) in [5.74, 6) is 1.79. The molecule has 2 aromatic heterocycles. The van der Waals surface area contributed by atoms with Gasteiger partial charge in [-0.15, -0.1) is 0 Å². The van der Waals surface area contributed by atoms with Crippen LogP contribution in [-0.4, -0.2) is 103 Å². The Morgan fingerprint density at radius 2 is 1.17 bits per heavy atom. The minimum atomic E-state index is -0.540. The van der Waals surface area contributed by atoms with Crippen LogP contribution >= 0.6 is 0 Å². The highest BCUT2D eigenvalue weighted by molar-refractivity contribution is 5.84. The van der Waals surface area contributed by atoms with Crippen molar-refractivity contribution in [3.63, 3.8) is 0 Å². The Morgan fingerprint density at radius 1 is 0.678 bits per heavy atom. The standard InChI is InChI=1S/C47H56N8O4/c1-47(2,3)59-46(58)53-27-23-36(24-28-53)44(56)54-25-9-13-39(54)42-48-29-37(50-42)33-19-15-31(16-20-33)32-17-21-34(22-18-32)38-30-49-43(51-38)40-14-10-26-55(40)45(57)41(52(4)5)35-11-7-6-8-12-35/h6-8,11-12,15-22,29-30,36,39-41H,9-10,13-14,23-28H2,1-5H3,(H,48,50)(H,49,51)/t39-,40-,41+/m0/s1. The second-order valence-electron chi connectivity index (χ2n) is 17.4. The zero-order chi connectivity index (χ0) is 41.3. The number of likely N-dealkylation sites (tertiary alicyclic amines) is 3. The second kappa shape index (κ2) is 16.8. The summed E-state index contributed by atoms with van der Waals surface area (Å²) >= 11 is 0. The topological polar surface area (TPSA) is 131 Å². The van der Waals surface area contributed by atoms with Gasteiger partial charge in [0.2, 0.25) is 11.8 Å². The minimum Gasteiger partial charge on any atom is -0.444 e. The summed E-state index contributed by atoms with van der Waals surface area (Å²) in [5.41, 5.74) is 6.56. The van der Waals surface area contributed by atoms with Crippen LogP contribution in [0.25, 0.3) is 33.6 Å². The largest absolute Gasteiger partial charge is 0.444 e. The highest BCUT2D eigenvalue weighted by Gasteiger charge is 2.39. The molecule has 0 spiro atoms. The molecule has 308 valence electrons. The van der Waals surface area contributed by atoms with Crippen molar-refractivity contribution in [2.75, 3.05) is 40.3 Å². The van der Waals surface area contributed by atoms with Gasteiger partial charge >= 0.3 is 6.09 Å². The zero-order valence-corrected chi connectivity index (χ0v) is 34.9. The number of piperidine rings is 1. The number of aromatic nitrogens is 4. The number of hydrogen-bond donors (Lipinski definition) is 2. The number of likely N-dealkylation sites (N-methyl/N-ethyl adjacent to an activating group) is 1. The fourth-order valence-electron chi connectivity index (χ4n) is 8.94. The Balaban J connectivity index is 0.884. The molecule has 0 bridgehead atoms. The van der Waals surface area contributed by atoms with E-state index in [2.05, 4.69) is 58.5 Å². The van der Waals surface area contributed by atoms with Gasteiger partial charge < -0.3 is 29.4 Å². The highest BCUT2D eigenvalue weighted by Crippen LogP contribution is 2.37. The fourth-order valence-corrected chi connectivity index (χ4v) is 8.94. The maximum Gasteiger partial charge on any atom is 0.410 e. The Labute approximate surface area is 347 Å². The van der Waals surface area contributed by atoms with Gasteiger partial charge in [0.1, 0.15) is 23.3 Å². The molecule has 0 saturated carbocycles. The third-order valence-corrected chi connectivity index (χ3v) is 12.0. The van der Waals surface area contributed by atoms with Gasteiger partial charge in [-0.25, -0.2) is 14.8 Å². The first-order valence-corrected chi connectivity index (χ1v) is 21.0. The van der Waals surface area contributed by atoms with Crippen molar-refractivity contribution in [2.45, 2.75) is 83.0 Å². The number of rotatable bonds is 9. The van der Waals surface area contributed by atoms with Gasteiger partial charge in [-0.1, -0.05) is 78.9 Å². The molecule has 3 aromatic carbocycles. The number of benzene rings is 3. The molecule has 3 amide bonds. The van der Waals surface area contributed by atoms with Crippen LogP contribution < -0.4 is 0 Å². The molecule has 3 saturated heterocycles. The van der Waals surface area contributed by atoms with Crippen LogP contribution in [0.2, 0.25) is 0 Å². The monoisotopic (exact) mass is 796 g/mol. The molecule has 8 rings (SSSR count). The quantitative estimate of drug-likeness (QED) is 0.153. The summed E-state index contributed by atoms with van der Waals surface area (Å²) in [6, 6.07) is 26.4. The third-order valence-electron chi connectivity index (χ3n) is 12.0. The molecule has 2 N–H and O–H groups in total. The first-order valence-electron chi connectivity index (χ1n) is 21.0. The van der Waals surface area contributed by atoms with Crippen LogP contribution in [0, 0.1) is 5.92 Å². The Kier molecular flexibility index (Phi) is 11.4. The third kappa shape index (κ3) is 8.69. The molecule has 3 fully saturated rings. The van der Waals surface area contributed by atoms with Crippen molar-refractivity contribution in [1.29, 1.82) is 0 Å². The lowest BCUT2D eigenvalue weighted by Gasteiger charge is -2.35. The van der Waals surface area contributed by atoms with Gasteiger partial charge in [0.15, 0.2) is 0 Å². The van der Waals surface area contributed by atoms with Crippen molar-refractivity contribution in [3.05, 3.63) is 108 Å².